The molecule has 7 nitrogen and oxygen atoms in total. The average molecular weight is 413 g/mol. The van der Waals surface area contributed by atoms with Crippen molar-refractivity contribution in [2.24, 2.45) is 0 Å². The highest BCUT2D eigenvalue weighted by Crippen LogP contribution is 2.30. The number of rotatable bonds is 7. The topological polar surface area (TPSA) is 77.7 Å². The molecule has 1 aliphatic heterocycles. The lowest BCUT2D eigenvalue weighted by molar-refractivity contribution is -0.122. The number of hydrogen-bond acceptors (Lipinski definition) is 4. The van der Waals surface area contributed by atoms with Gasteiger partial charge < -0.3 is 19.9 Å². The van der Waals surface area contributed by atoms with E-state index in [1.54, 1.807) is 7.11 Å². The molecule has 30 heavy (non-hydrogen) atoms. The van der Waals surface area contributed by atoms with Crippen LogP contribution in [0.5, 0.6) is 0 Å². The van der Waals surface area contributed by atoms with Gasteiger partial charge in [0.1, 0.15) is 0 Å². The third kappa shape index (κ3) is 4.68. The fourth-order valence-corrected chi connectivity index (χ4v) is 4.53. The van der Waals surface area contributed by atoms with E-state index >= 15 is 0 Å². The summed E-state index contributed by atoms with van der Waals surface area (Å²) in [6.07, 6.45) is 5.48. The van der Waals surface area contributed by atoms with E-state index < -0.39 is 0 Å². The van der Waals surface area contributed by atoms with Crippen molar-refractivity contribution in [3.05, 3.63) is 35.0 Å². The summed E-state index contributed by atoms with van der Waals surface area (Å²) in [6.45, 7) is 4.42. The Morgan fingerprint density at radius 2 is 1.93 bits per heavy atom. The third-order valence-corrected chi connectivity index (χ3v) is 6.22. The lowest BCUT2D eigenvalue weighted by Gasteiger charge is -2.34. The Bertz CT molecular complexity index is 899. The minimum atomic E-state index is 0.0357. The average Bonchev–Trinajstić information content (AvgIpc) is 3.15. The molecule has 2 aromatic rings. The van der Waals surface area contributed by atoms with Crippen LogP contribution >= 0.6 is 0 Å². The monoisotopic (exact) mass is 412 g/mol. The number of benzene rings is 1. The van der Waals surface area contributed by atoms with E-state index in [1.165, 1.54) is 29.5 Å². The number of hydrogen-bond donors (Lipinski definition) is 2. The van der Waals surface area contributed by atoms with Crippen molar-refractivity contribution in [1.82, 2.24) is 20.1 Å². The van der Waals surface area contributed by atoms with Gasteiger partial charge in [0.25, 0.3) is 5.91 Å². The first-order valence-electron chi connectivity index (χ1n) is 11.1. The number of aromatic amines is 1. The highest BCUT2D eigenvalue weighted by Gasteiger charge is 2.24. The lowest BCUT2D eigenvalue weighted by atomic mass is 9.95. The summed E-state index contributed by atoms with van der Waals surface area (Å²) in [7, 11) is 1.66. The summed E-state index contributed by atoms with van der Waals surface area (Å²) in [4.78, 5) is 32.7. The van der Waals surface area contributed by atoms with Crippen LogP contribution in [0.25, 0.3) is 10.9 Å². The highest BCUT2D eigenvalue weighted by atomic mass is 16.5. The Morgan fingerprint density at radius 3 is 2.73 bits per heavy atom. The van der Waals surface area contributed by atoms with E-state index in [-0.39, 0.29) is 11.8 Å². The van der Waals surface area contributed by atoms with Gasteiger partial charge in [-0.05, 0) is 55.9 Å². The van der Waals surface area contributed by atoms with Gasteiger partial charge in [0.05, 0.1) is 6.54 Å². The second-order valence-corrected chi connectivity index (χ2v) is 8.31. The van der Waals surface area contributed by atoms with Gasteiger partial charge in [-0.2, -0.15) is 0 Å². The first kappa shape index (κ1) is 20.9. The maximum Gasteiger partial charge on any atom is 0.253 e. The predicted molar refractivity (Wildman–Crippen MR) is 117 cm³/mol. The van der Waals surface area contributed by atoms with Crippen molar-refractivity contribution >= 4 is 22.7 Å². The van der Waals surface area contributed by atoms with Crippen LogP contribution in [0.1, 0.15) is 40.9 Å². The molecule has 2 amide bonds. The highest BCUT2D eigenvalue weighted by molar-refractivity contribution is 5.99. The van der Waals surface area contributed by atoms with Crippen LogP contribution in [0.15, 0.2) is 18.2 Å². The number of piperazine rings is 1. The van der Waals surface area contributed by atoms with Gasteiger partial charge in [-0.3, -0.25) is 14.5 Å². The fourth-order valence-electron chi connectivity index (χ4n) is 4.53. The molecular weight excluding hydrogens is 380 g/mol. The number of amides is 2. The molecule has 7 heteroatoms. The second-order valence-electron chi connectivity index (χ2n) is 8.31. The molecule has 0 saturated carbocycles. The molecule has 4 rings (SSSR count). The Morgan fingerprint density at radius 1 is 1.13 bits per heavy atom. The summed E-state index contributed by atoms with van der Waals surface area (Å²) in [5.74, 6) is 0.125. The third-order valence-electron chi connectivity index (χ3n) is 6.22. The molecule has 0 atom stereocenters. The van der Waals surface area contributed by atoms with Crippen molar-refractivity contribution in [1.29, 1.82) is 0 Å². The number of ether oxygens (including phenoxy) is 1. The molecule has 2 N–H and O–H groups in total. The number of fused-ring (bicyclic) bond motifs is 3. The molecular formula is C23H32N4O3. The van der Waals surface area contributed by atoms with E-state index in [2.05, 4.69) is 21.3 Å². The lowest BCUT2D eigenvalue weighted by Crippen LogP contribution is -2.51. The maximum atomic E-state index is 13.1. The van der Waals surface area contributed by atoms with Gasteiger partial charge >= 0.3 is 0 Å². The van der Waals surface area contributed by atoms with Gasteiger partial charge in [-0.1, -0.05) is 0 Å². The number of carbonyl (C=O) groups is 2. The number of aromatic nitrogens is 1. The molecule has 0 bridgehead atoms. The smallest absolute Gasteiger partial charge is 0.253 e. The minimum Gasteiger partial charge on any atom is -0.385 e. The zero-order valence-electron chi connectivity index (χ0n) is 17.8. The van der Waals surface area contributed by atoms with Crippen LogP contribution in [-0.2, 0) is 22.4 Å². The van der Waals surface area contributed by atoms with E-state index in [4.69, 9.17) is 4.74 Å². The number of nitrogens with one attached hydrogen (secondary N) is 2. The van der Waals surface area contributed by atoms with Crippen molar-refractivity contribution in [2.75, 3.05) is 53.0 Å². The molecule has 1 aromatic carbocycles. The molecule has 162 valence electrons. The van der Waals surface area contributed by atoms with Crippen molar-refractivity contribution in [3.8, 4) is 0 Å². The SMILES string of the molecule is COCCCNC(=O)CN1CCN(C(=O)c2ccc3[nH]c4c(c3c2)CCCC4)CC1. The maximum absolute atomic E-state index is 13.1. The van der Waals surface area contributed by atoms with Crippen molar-refractivity contribution in [3.63, 3.8) is 0 Å². The van der Waals surface area contributed by atoms with Crippen molar-refractivity contribution < 1.29 is 14.3 Å². The molecule has 1 aliphatic carbocycles. The normalized spacial score (nSPS) is 17.2. The first-order chi connectivity index (χ1) is 14.7. The molecule has 0 radical (unpaired) electrons. The second kappa shape index (κ2) is 9.62. The Kier molecular flexibility index (Phi) is 6.69. The Labute approximate surface area is 177 Å². The summed E-state index contributed by atoms with van der Waals surface area (Å²) in [6, 6.07) is 6.05. The molecule has 1 fully saturated rings. The first-order valence-corrected chi connectivity index (χ1v) is 11.1. The van der Waals surface area contributed by atoms with Crippen LogP contribution in [0.2, 0.25) is 0 Å². The summed E-state index contributed by atoms with van der Waals surface area (Å²) in [5, 5.41) is 4.13. The van der Waals surface area contributed by atoms with Crippen LogP contribution in [0.4, 0.5) is 0 Å². The van der Waals surface area contributed by atoms with E-state index in [0.29, 0.717) is 32.8 Å². The molecule has 2 heterocycles. The van der Waals surface area contributed by atoms with Crippen molar-refractivity contribution in [2.45, 2.75) is 32.1 Å². The van der Waals surface area contributed by atoms with E-state index in [0.717, 1.165) is 43.4 Å². The summed E-state index contributed by atoms with van der Waals surface area (Å²) in [5.41, 5.74) is 4.64. The van der Waals surface area contributed by atoms with E-state index in [9.17, 15) is 9.59 Å². The Balaban J connectivity index is 1.31. The summed E-state index contributed by atoms with van der Waals surface area (Å²) >= 11 is 0. The van der Waals surface area contributed by atoms with Crippen LogP contribution < -0.4 is 5.32 Å². The predicted octanol–water partition coefficient (Wildman–Crippen LogP) is 1.96. The minimum absolute atomic E-state index is 0.0357. The molecule has 1 aromatic heterocycles. The van der Waals surface area contributed by atoms with Gasteiger partial charge in [0.15, 0.2) is 0 Å². The van der Waals surface area contributed by atoms with Gasteiger partial charge in [0.2, 0.25) is 5.91 Å². The van der Waals surface area contributed by atoms with Crippen LogP contribution in [-0.4, -0.2) is 79.6 Å². The number of aryl methyl sites for hydroxylation is 2. The molecule has 2 aliphatic rings. The Hall–Kier alpha value is -2.38. The molecule has 0 unspecified atom stereocenters. The van der Waals surface area contributed by atoms with E-state index in [1.807, 2.05) is 17.0 Å². The quantitative estimate of drug-likeness (QED) is 0.682. The summed E-state index contributed by atoms with van der Waals surface area (Å²) < 4.78 is 4.99. The zero-order valence-corrected chi connectivity index (χ0v) is 17.8. The zero-order chi connectivity index (χ0) is 20.9. The molecule has 1 saturated heterocycles. The fraction of sp³-hybridized carbons (Fsp3) is 0.565. The number of carbonyl (C=O) groups excluding carboxylic acids is 2. The molecule has 0 spiro atoms. The van der Waals surface area contributed by atoms with Crippen LogP contribution in [0, 0.1) is 0 Å². The number of methoxy groups -OCH3 is 1. The van der Waals surface area contributed by atoms with Crippen LogP contribution in [0.3, 0.4) is 0 Å². The largest absolute Gasteiger partial charge is 0.385 e. The van der Waals surface area contributed by atoms with Gasteiger partial charge in [-0.25, -0.2) is 0 Å². The number of H-pyrrole nitrogens is 1. The van der Waals surface area contributed by atoms with Gasteiger partial charge in [-0.15, -0.1) is 0 Å². The number of nitrogens with zero attached hydrogens (tertiary/aromatic N) is 2. The standard InChI is InChI=1S/C23H32N4O3/c1-30-14-4-9-24-22(28)16-26-10-12-27(13-11-26)23(29)17-7-8-21-19(15-17)18-5-2-3-6-20(18)25-21/h7-8,15,25H,2-6,9-14,16H2,1H3,(H,24,28). The van der Waals surface area contributed by atoms with Gasteiger partial charge in [0, 0.05) is 68.6 Å².